The number of hydrogen-bond donors (Lipinski definition) is 2. The van der Waals surface area contributed by atoms with Gasteiger partial charge in [0, 0.05) is 5.56 Å². The lowest BCUT2D eigenvalue weighted by Gasteiger charge is -2.06. The van der Waals surface area contributed by atoms with E-state index in [1.807, 2.05) is 12.1 Å². The highest BCUT2D eigenvalue weighted by Gasteiger charge is 2.10. The van der Waals surface area contributed by atoms with Crippen molar-refractivity contribution in [2.45, 2.75) is 6.92 Å². The van der Waals surface area contributed by atoms with Crippen molar-refractivity contribution in [3.8, 4) is 11.1 Å². The Kier molecular flexibility index (Phi) is 2.45. The van der Waals surface area contributed by atoms with Gasteiger partial charge in [0.15, 0.2) is 5.13 Å². The van der Waals surface area contributed by atoms with Crippen LogP contribution >= 0.6 is 11.3 Å². The van der Waals surface area contributed by atoms with Crippen LogP contribution in [-0.2, 0) is 0 Å². The summed E-state index contributed by atoms with van der Waals surface area (Å²) < 4.78 is 1.03. The van der Waals surface area contributed by atoms with Gasteiger partial charge in [0.1, 0.15) is 5.52 Å². The molecule has 0 saturated carbocycles. The summed E-state index contributed by atoms with van der Waals surface area (Å²) in [5.41, 5.74) is 16.8. The van der Waals surface area contributed by atoms with E-state index in [9.17, 15) is 0 Å². The number of aromatic nitrogens is 1. The van der Waals surface area contributed by atoms with Crippen molar-refractivity contribution in [1.29, 1.82) is 0 Å². The summed E-state index contributed by atoms with van der Waals surface area (Å²) in [6, 6.07) is 12.3. The predicted molar refractivity (Wildman–Crippen MR) is 78.6 cm³/mol. The number of nitrogens with zero attached hydrogens (tertiary/aromatic N) is 1. The van der Waals surface area contributed by atoms with Gasteiger partial charge in [-0.25, -0.2) is 4.98 Å². The molecule has 0 amide bonds. The molecule has 0 aliphatic carbocycles. The lowest BCUT2D eigenvalue weighted by molar-refractivity contribution is 1.46. The zero-order chi connectivity index (χ0) is 12.7. The first-order chi connectivity index (χ1) is 8.65. The number of thiazole rings is 1. The summed E-state index contributed by atoms with van der Waals surface area (Å²) in [4.78, 5) is 4.29. The first-order valence-electron chi connectivity index (χ1n) is 5.66. The van der Waals surface area contributed by atoms with Crippen LogP contribution in [0.15, 0.2) is 36.4 Å². The Hall–Kier alpha value is -2.07. The minimum atomic E-state index is 0.553. The highest BCUT2D eigenvalue weighted by molar-refractivity contribution is 7.22. The van der Waals surface area contributed by atoms with Gasteiger partial charge >= 0.3 is 0 Å². The van der Waals surface area contributed by atoms with E-state index in [0.29, 0.717) is 10.8 Å². The molecule has 0 bridgehead atoms. The standard InChI is InChI=1S/C14H13N3S/c1-8-2-4-9(5-3-8)10-6-7-11-13(12(10)15)17-14(16)18-11/h2-7H,15H2,1H3,(H2,16,17). The molecule has 0 aliphatic rings. The van der Waals surface area contributed by atoms with Gasteiger partial charge in [-0.15, -0.1) is 0 Å². The number of aryl methyl sites for hydroxylation is 1. The highest BCUT2D eigenvalue weighted by atomic mass is 32.1. The number of rotatable bonds is 1. The minimum Gasteiger partial charge on any atom is -0.396 e. The molecule has 0 atom stereocenters. The molecule has 0 spiro atoms. The Morgan fingerprint density at radius 1 is 1.00 bits per heavy atom. The van der Waals surface area contributed by atoms with E-state index in [1.165, 1.54) is 16.9 Å². The SMILES string of the molecule is Cc1ccc(-c2ccc3sc(N)nc3c2N)cc1. The summed E-state index contributed by atoms with van der Waals surface area (Å²) in [7, 11) is 0. The Bertz CT molecular complexity index is 714. The van der Waals surface area contributed by atoms with Crippen LogP contribution in [0.25, 0.3) is 21.3 Å². The molecule has 90 valence electrons. The van der Waals surface area contributed by atoms with Gasteiger partial charge < -0.3 is 11.5 Å². The quantitative estimate of drug-likeness (QED) is 0.655. The van der Waals surface area contributed by atoms with Gasteiger partial charge in [-0.1, -0.05) is 47.2 Å². The fourth-order valence-electron chi connectivity index (χ4n) is 2.02. The normalized spacial score (nSPS) is 10.9. The molecule has 1 aromatic heterocycles. The molecule has 4 heteroatoms. The summed E-state index contributed by atoms with van der Waals surface area (Å²) in [6.07, 6.45) is 0. The molecule has 0 aliphatic heterocycles. The average Bonchev–Trinajstić information content (AvgIpc) is 2.73. The van der Waals surface area contributed by atoms with Gasteiger partial charge in [0.2, 0.25) is 0 Å². The molecule has 3 rings (SSSR count). The van der Waals surface area contributed by atoms with Crippen LogP contribution in [-0.4, -0.2) is 4.98 Å². The average molecular weight is 255 g/mol. The van der Waals surface area contributed by atoms with E-state index in [4.69, 9.17) is 11.5 Å². The maximum absolute atomic E-state index is 6.19. The van der Waals surface area contributed by atoms with Crippen LogP contribution in [0.5, 0.6) is 0 Å². The molecular weight excluding hydrogens is 242 g/mol. The molecule has 0 unspecified atom stereocenters. The van der Waals surface area contributed by atoms with Crippen LogP contribution in [0.2, 0.25) is 0 Å². The van der Waals surface area contributed by atoms with E-state index in [1.54, 1.807) is 0 Å². The second kappa shape index (κ2) is 3.99. The van der Waals surface area contributed by atoms with Crippen LogP contribution in [0.1, 0.15) is 5.56 Å². The third kappa shape index (κ3) is 1.71. The van der Waals surface area contributed by atoms with Gasteiger partial charge in [-0.3, -0.25) is 0 Å². The molecule has 2 aromatic carbocycles. The zero-order valence-electron chi connectivity index (χ0n) is 9.97. The van der Waals surface area contributed by atoms with Gasteiger partial charge in [-0.2, -0.15) is 0 Å². The van der Waals surface area contributed by atoms with E-state index < -0.39 is 0 Å². The van der Waals surface area contributed by atoms with Crippen molar-refractivity contribution >= 4 is 32.4 Å². The lowest BCUT2D eigenvalue weighted by atomic mass is 10.0. The van der Waals surface area contributed by atoms with E-state index >= 15 is 0 Å². The Labute approximate surface area is 109 Å². The summed E-state index contributed by atoms with van der Waals surface area (Å²) in [5.74, 6) is 0. The number of anilines is 2. The summed E-state index contributed by atoms with van der Waals surface area (Å²) in [5, 5.41) is 0.553. The van der Waals surface area contributed by atoms with Crippen LogP contribution in [0, 0.1) is 6.92 Å². The number of nitrogens with two attached hydrogens (primary N) is 2. The Balaban J connectivity index is 2.23. The van der Waals surface area contributed by atoms with Crippen molar-refractivity contribution in [2.75, 3.05) is 11.5 Å². The first kappa shape index (κ1) is 11.0. The van der Waals surface area contributed by atoms with Crippen molar-refractivity contribution in [2.24, 2.45) is 0 Å². The van der Waals surface area contributed by atoms with Crippen LogP contribution in [0.4, 0.5) is 10.8 Å². The zero-order valence-corrected chi connectivity index (χ0v) is 10.8. The summed E-state index contributed by atoms with van der Waals surface area (Å²) >= 11 is 1.46. The van der Waals surface area contributed by atoms with Crippen LogP contribution in [0.3, 0.4) is 0 Å². The first-order valence-corrected chi connectivity index (χ1v) is 6.48. The monoisotopic (exact) mass is 255 g/mol. The number of hydrogen-bond acceptors (Lipinski definition) is 4. The van der Waals surface area contributed by atoms with E-state index in [-0.39, 0.29) is 0 Å². The predicted octanol–water partition coefficient (Wildman–Crippen LogP) is 3.44. The molecule has 18 heavy (non-hydrogen) atoms. The minimum absolute atomic E-state index is 0.553. The fourth-order valence-corrected chi connectivity index (χ4v) is 2.77. The smallest absolute Gasteiger partial charge is 0.181 e. The molecule has 3 nitrogen and oxygen atoms in total. The third-order valence-corrected chi connectivity index (χ3v) is 3.83. The van der Waals surface area contributed by atoms with Crippen molar-refractivity contribution in [1.82, 2.24) is 4.98 Å². The number of nitrogen functional groups attached to an aromatic ring is 2. The number of benzene rings is 2. The molecule has 1 heterocycles. The van der Waals surface area contributed by atoms with E-state index in [2.05, 4.69) is 36.2 Å². The Morgan fingerprint density at radius 2 is 1.72 bits per heavy atom. The molecule has 0 saturated heterocycles. The highest BCUT2D eigenvalue weighted by Crippen LogP contribution is 2.35. The maximum atomic E-state index is 6.19. The molecule has 0 radical (unpaired) electrons. The van der Waals surface area contributed by atoms with Gasteiger partial charge in [0.25, 0.3) is 0 Å². The second-order valence-electron chi connectivity index (χ2n) is 4.29. The van der Waals surface area contributed by atoms with Crippen molar-refractivity contribution < 1.29 is 0 Å². The number of fused-ring (bicyclic) bond motifs is 1. The van der Waals surface area contributed by atoms with Crippen molar-refractivity contribution in [3.05, 3.63) is 42.0 Å². The molecule has 0 fully saturated rings. The van der Waals surface area contributed by atoms with Gasteiger partial charge in [0.05, 0.1) is 10.4 Å². The molecule has 4 N–H and O–H groups in total. The van der Waals surface area contributed by atoms with Crippen molar-refractivity contribution in [3.63, 3.8) is 0 Å². The fraction of sp³-hybridized carbons (Fsp3) is 0.0714. The lowest BCUT2D eigenvalue weighted by Crippen LogP contribution is -1.92. The summed E-state index contributed by atoms with van der Waals surface area (Å²) in [6.45, 7) is 2.07. The molecule has 3 aromatic rings. The Morgan fingerprint density at radius 3 is 2.44 bits per heavy atom. The van der Waals surface area contributed by atoms with E-state index in [0.717, 1.165) is 21.3 Å². The van der Waals surface area contributed by atoms with Crippen LogP contribution < -0.4 is 11.5 Å². The largest absolute Gasteiger partial charge is 0.396 e. The molecular formula is C14H13N3S. The topological polar surface area (TPSA) is 64.9 Å². The third-order valence-electron chi connectivity index (χ3n) is 2.98. The maximum Gasteiger partial charge on any atom is 0.181 e. The second-order valence-corrected chi connectivity index (χ2v) is 5.35. The van der Waals surface area contributed by atoms with Gasteiger partial charge in [-0.05, 0) is 18.6 Å².